The van der Waals surface area contributed by atoms with Crippen LogP contribution in [0.25, 0.3) is 0 Å². The van der Waals surface area contributed by atoms with Gasteiger partial charge in [0.15, 0.2) is 18.9 Å². The van der Waals surface area contributed by atoms with Gasteiger partial charge in [0.2, 0.25) is 0 Å². The first-order valence-electron chi connectivity index (χ1n) is 4.96. The van der Waals surface area contributed by atoms with E-state index in [1.54, 1.807) is 0 Å². The molecular weight excluding hydrogens is 206 g/mol. The van der Waals surface area contributed by atoms with Gasteiger partial charge in [-0.05, 0) is 5.56 Å². The number of hydrogen-bond acceptors (Lipinski definition) is 0. The number of aromatic nitrogens is 1. The van der Waals surface area contributed by atoms with Crippen LogP contribution in [0.5, 0.6) is 0 Å². The van der Waals surface area contributed by atoms with Crippen molar-refractivity contribution in [1.29, 1.82) is 0 Å². The summed E-state index contributed by atoms with van der Waals surface area (Å²) in [5.41, 5.74) is 2.46. The predicted molar refractivity (Wildman–Crippen MR) is 61.7 cm³/mol. The molecule has 0 radical (unpaired) electrons. The second-order valence-corrected chi connectivity index (χ2v) is 3.77. The van der Waals surface area contributed by atoms with Crippen molar-refractivity contribution in [3.63, 3.8) is 0 Å². The zero-order chi connectivity index (χ0) is 10.5. The standard InChI is InChI=1S/C13H13ClN/c14-10-12-6-8-15(9-7-12)11-13-4-2-1-3-5-13/h1-9H,10-11H2/q+1. The summed E-state index contributed by atoms with van der Waals surface area (Å²) in [6.45, 7) is 0.906. The van der Waals surface area contributed by atoms with Crippen LogP contribution < -0.4 is 4.57 Å². The van der Waals surface area contributed by atoms with Gasteiger partial charge < -0.3 is 0 Å². The number of alkyl halides is 1. The molecule has 0 aliphatic rings. The number of rotatable bonds is 3. The van der Waals surface area contributed by atoms with Crippen LogP contribution in [-0.2, 0) is 12.4 Å². The third-order valence-corrected chi connectivity index (χ3v) is 2.63. The highest BCUT2D eigenvalue weighted by Crippen LogP contribution is 2.01. The molecule has 0 N–H and O–H groups in total. The lowest BCUT2D eigenvalue weighted by molar-refractivity contribution is -0.688. The van der Waals surface area contributed by atoms with Crippen LogP contribution >= 0.6 is 11.6 Å². The van der Waals surface area contributed by atoms with Crippen molar-refractivity contribution < 1.29 is 4.57 Å². The van der Waals surface area contributed by atoms with E-state index in [9.17, 15) is 0 Å². The molecule has 0 fully saturated rings. The van der Waals surface area contributed by atoms with Crippen molar-refractivity contribution in [2.75, 3.05) is 0 Å². The van der Waals surface area contributed by atoms with E-state index in [1.807, 2.05) is 6.07 Å². The maximum absolute atomic E-state index is 5.73. The van der Waals surface area contributed by atoms with E-state index in [4.69, 9.17) is 11.6 Å². The molecule has 15 heavy (non-hydrogen) atoms. The van der Waals surface area contributed by atoms with Gasteiger partial charge in [-0.3, -0.25) is 0 Å². The molecule has 0 bridgehead atoms. The quantitative estimate of drug-likeness (QED) is 0.551. The molecule has 0 spiro atoms. The Labute approximate surface area is 95.0 Å². The van der Waals surface area contributed by atoms with Gasteiger partial charge in [0.25, 0.3) is 0 Å². The average Bonchev–Trinajstić information content (AvgIpc) is 2.31. The molecular formula is C13H13ClN+. The van der Waals surface area contributed by atoms with E-state index in [2.05, 4.69) is 53.4 Å². The van der Waals surface area contributed by atoms with E-state index >= 15 is 0 Å². The number of benzene rings is 1. The van der Waals surface area contributed by atoms with Gasteiger partial charge in [0.1, 0.15) is 0 Å². The fraction of sp³-hybridized carbons (Fsp3) is 0.154. The van der Waals surface area contributed by atoms with Gasteiger partial charge in [-0.25, -0.2) is 4.57 Å². The van der Waals surface area contributed by atoms with Crippen LogP contribution in [0.15, 0.2) is 54.9 Å². The number of halogens is 1. The number of nitrogens with zero attached hydrogens (tertiary/aromatic N) is 1. The van der Waals surface area contributed by atoms with Crippen molar-refractivity contribution in [2.45, 2.75) is 12.4 Å². The van der Waals surface area contributed by atoms with Crippen molar-refractivity contribution in [2.24, 2.45) is 0 Å². The lowest BCUT2D eigenvalue weighted by Crippen LogP contribution is -2.33. The molecule has 0 aliphatic carbocycles. The van der Waals surface area contributed by atoms with Crippen LogP contribution in [0.1, 0.15) is 11.1 Å². The van der Waals surface area contributed by atoms with Crippen molar-refractivity contribution in [1.82, 2.24) is 0 Å². The zero-order valence-corrected chi connectivity index (χ0v) is 9.19. The monoisotopic (exact) mass is 218 g/mol. The van der Waals surface area contributed by atoms with Crippen LogP contribution in [0.3, 0.4) is 0 Å². The summed E-state index contributed by atoms with van der Waals surface area (Å²) in [5, 5.41) is 0. The Bertz CT molecular complexity index is 408. The SMILES string of the molecule is ClCc1cc[n+](Cc2ccccc2)cc1. The van der Waals surface area contributed by atoms with E-state index in [1.165, 1.54) is 5.56 Å². The lowest BCUT2D eigenvalue weighted by Gasteiger charge is -1.98. The van der Waals surface area contributed by atoms with Crippen molar-refractivity contribution >= 4 is 11.6 Å². The first-order valence-corrected chi connectivity index (χ1v) is 5.50. The molecule has 76 valence electrons. The average molecular weight is 219 g/mol. The third kappa shape index (κ3) is 2.80. The maximum atomic E-state index is 5.73. The summed E-state index contributed by atoms with van der Waals surface area (Å²) in [7, 11) is 0. The number of hydrogen-bond donors (Lipinski definition) is 0. The van der Waals surface area contributed by atoms with E-state index in [-0.39, 0.29) is 0 Å². The Morgan fingerprint density at radius 2 is 1.53 bits per heavy atom. The Hall–Kier alpha value is -1.34. The molecule has 1 heterocycles. The molecule has 0 amide bonds. The second-order valence-electron chi connectivity index (χ2n) is 3.50. The molecule has 1 nitrogen and oxygen atoms in total. The van der Waals surface area contributed by atoms with Crippen LogP contribution in [0, 0.1) is 0 Å². The van der Waals surface area contributed by atoms with Gasteiger partial charge in [-0.1, -0.05) is 30.3 Å². The molecule has 1 aromatic carbocycles. The van der Waals surface area contributed by atoms with Gasteiger partial charge >= 0.3 is 0 Å². The minimum Gasteiger partial charge on any atom is -0.201 e. The molecule has 0 saturated heterocycles. The molecule has 0 saturated carbocycles. The van der Waals surface area contributed by atoms with Crippen LogP contribution in [0.2, 0.25) is 0 Å². The Balaban J connectivity index is 2.11. The van der Waals surface area contributed by atoms with E-state index < -0.39 is 0 Å². The van der Waals surface area contributed by atoms with E-state index in [0.29, 0.717) is 5.88 Å². The Morgan fingerprint density at radius 1 is 0.867 bits per heavy atom. The first kappa shape index (κ1) is 10.2. The van der Waals surface area contributed by atoms with Gasteiger partial charge in [0, 0.05) is 23.6 Å². The second kappa shape index (κ2) is 4.94. The highest BCUT2D eigenvalue weighted by molar-refractivity contribution is 6.17. The molecule has 2 heteroatoms. The molecule has 2 aromatic rings. The number of pyridine rings is 1. The summed E-state index contributed by atoms with van der Waals surface area (Å²) < 4.78 is 2.14. The fourth-order valence-electron chi connectivity index (χ4n) is 1.48. The summed E-state index contributed by atoms with van der Waals surface area (Å²) in [5.74, 6) is 0.576. The minimum atomic E-state index is 0.576. The minimum absolute atomic E-state index is 0.576. The molecule has 0 atom stereocenters. The van der Waals surface area contributed by atoms with Gasteiger partial charge in [0.05, 0.1) is 0 Å². The largest absolute Gasteiger partial charge is 0.201 e. The van der Waals surface area contributed by atoms with Gasteiger partial charge in [-0.15, -0.1) is 11.6 Å². The lowest BCUT2D eigenvalue weighted by atomic mass is 10.2. The Kier molecular flexibility index (Phi) is 3.36. The summed E-state index contributed by atoms with van der Waals surface area (Å²) in [6.07, 6.45) is 4.12. The third-order valence-electron chi connectivity index (χ3n) is 2.32. The topological polar surface area (TPSA) is 3.88 Å². The summed E-state index contributed by atoms with van der Waals surface area (Å²) in [6, 6.07) is 14.5. The van der Waals surface area contributed by atoms with E-state index in [0.717, 1.165) is 12.1 Å². The smallest absolute Gasteiger partial charge is 0.173 e. The molecule has 2 rings (SSSR count). The maximum Gasteiger partial charge on any atom is 0.173 e. The zero-order valence-electron chi connectivity index (χ0n) is 8.44. The highest BCUT2D eigenvalue weighted by atomic mass is 35.5. The highest BCUT2D eigenvalue weighted by Gasteiger charge is 2.01. The predicted octanol–water partition coefficient (Wildman–Crippen LogP) is 2.76. The normalized spacial score (nSPS) is 10.2. The summed E-state index contributed by atoms with van der Waals surface area (Å²) >= 11 is 5.73. The van der Waals surface area contributed by atoms with Crippen LogP contribution in [-0.4, -0.2) is 0 Å². The van der Waals surface area contributed by atoms with Crippen molar-refractivity contribution in [3.8, 4) is 0 Å². The fourth-order valence-corrected chi connectivity index (χ4v) is 1.66. The first-order chi connectivity index (χ1) is 7.38. The molecule has 0 unspecified atom stereocenters. The van der Waals surface area contributed by atoms with Gasteiger partial charge in [-0.2, -0.15) is 0 Å². The molecule has 1 aromatic heterocycles. The van der Waals surface area contributed by atoms with Crippen molar-refractivity contribution in [3.05, 3.63) is 66.0 Å². The Morgan fingerprint density at radius 3 is 2.13 bits per heavy atom. The summed E-state index contributed by atoms with van der Waals surface area (Å²) in [4.78, 5) is 0. The van der Waals surface area contributed by atoms with Crippen LogP contribution in [0.4, 0.5) is 0 Å². The molecule has 0 aliphatic heterocycles.